The molecule has 2 rings (SSSR count). The lowest BCUT2D eigenvalue weighted by atomic mass is 10.2. The predicted octanol–water partition coefficient (Wildman–Crippen LogP) is -2.57. The highest BCUT2D eigenvalue weighted by Gasteiger charge is 2.29. The maximum Gasteiger partial charge on any atom is 0.147 e. The Morgan fingerprint density at radius 2 is 1.00 bits per heavy atom. The monoisotopic (exact) mass is 230 g/mol. The van der Waals surface area contributed by atoms with Crippen LogP contribution in [0.15, 0.2) is 0 Å². The molecule has 0 bridgehead atoms. The van der Waals surface area contributed by atoms with Gasteiger partial charge in [0.2, 0.25) is 0 Å². The zero-order valence-electron chi connectivity index (χ0n) is 9.60. The van der Waals surface area contributed by atoms with Crippen molar-refractivity contribution in [3.63, 3.8) is 0 Å². The molecule has 6 heteroatoms. The van der Waals surface area contributed by atoms with Crippen LogP contribution in [0.1, 0.15) is 0 Å². The van der Waals surface area contributed by atoms with Crippen molar-refractivity contribution in [3.8, 4) is 0 Å². The highest BCUT2D eigenvalue weighted by molar-refractivity contribution is 4.78. The molecule has 0 saturated carbocycles. The largest absolute Gasteiger partial charge is 0.374 e. The van der Waals surface area contributed by atoms with Crippen molar-refractivity contribution in [2.24, 2.45) is 0 Å². The van der Waals surface area contributed by atoms with Crippen LogP contribution in [0.3, 0.4) is 0 Å². The topological polar surface area (TPSA) is 71.0 Å². The maximum absolute atomic E-state index is 10.1. The first-order valence-corrected chi connectivity index (χ1v) is 6.05. The quantitative estimate of drug-likeness (QED) is 0.427. The van der Waals surface area contributed by atoms with E-state index in [2.05, 4.69) is 10.6 Å². The number of nitrogens with one attached hydrogen (secondary N) is 2. The molecule has 2 fully saturated rings. The summed E-state index contributed by atoms with van der Waals surface area (Å²) < 4.78 is 0. The Balaban J connectivity index is 1.84. The van der Waals surface area contributed by atoms with Gasteiger partial charge >= 0.3 is 0 Å². The van der Waals surface area contributed by atoms with Gasteiger partial charge in [0.15, 0.2) is 0 Å². The van der Waals surface area contributed by atoms with Gasteiger partial charge < -0.3 is 20.8 Å². The van der Waals surface area contributed by atoms with E-state index in [0.717, 1.165) is 52.4 Å². The third kappa shape index (κ3) is 2.91. The molecule has 2 aliphatic heterocycles. The van der Waals surface area contributed by atoms with Crippen molar-refractivity contribution >= 4 is 0 Å². The van der Waals surface area contributed by atoms with Gasteiger partial charge in [0.25, 0.3) is 0 Å². The number of hydrogen-bond acceptors (Lipinski definition) is 6. The minimum Gasteiger partial charge on any atom is -0.374 e. The van der Waals surface area contributed by atoms with Crippen molar-refractivity contribution in [1.82, 2.24) is 20.4 Å². The molecule has 0 aromatic heterocycles. The molecule has 0 amide bonds. The summed E-state index contributed by atoms with van der Waals surface area (Å²) in [5.41, 5.74) is 0. The average Bonchev–Trinajstić information content (AvgIpc) is 2.39. The summed E-state index contributed by atoms with van der Waals surface area (Å²) in [6.45, 7) is 6.70. The molecular formula is C10H22N4O2. The SMILES string of the molecule is OC(C(O)N1CCNCC1)N1CCNCC1. The van der Waals surface area contributed by atoms with Crippen LogP contribution in [-0.4, -0.2) is 84.8 Å². The number of rotatable bonds is 3. The van der Waals surface area contributed by atoms with Crippen LogP contribution in [0.5, 0.6) is 0 Å². The normalized spacial score (nSPS) is 28.9. The molecule has 0 aromatic rings. The molecule has 0 radical (unpaired) electrons. The van der Waals surface area contributed by atoms with Gasteiger partial charge in [-0.25, -0.2) is 0 Å². The first-order chi connectivity index (χ1) is 7.79. The van der Waals surface area contributed by atoms with E-state index in [1.54, 1.807) is 0 Å². The molecule has 6 nitrogen and oxygen atoms in total. The summed E-state index contributed by atoms with van der Waals surface area (Å²) in [6, 6.07) is 0. The Morgan fingerprint density at radius 3 is 1.31 bits per heavy atom. The van der Waals surface area contributed by atoms with Crippen LogP contribution < -0.4 is 10.6 Å². The van der Waals surface area contributed by atoms with E-state index in [1.807, 2.05) is 9.80 Å². The highest BCUT2D eigenvalue weighted by Crippen LogP contribution is 2.08. The molecule has 94 valence electrons. The van der Waals surface area contributed by atoms with E-state index in [1.165, 1.54) is 0 Å². The minimum atomic E-state index is -0.764. The molecule has 0 spiro atoms. The van der Waals surface area contributed by atoms with E-state index < -0.39 is 12.5 Å². The minimum absolute atomic E-state index is 0.764. The van der Waals surface area contributed by atoms with Gasteiger partial charge in [0, 0.05) is 52.4 Å². The standard InChI is InChI=1S/C10H22N4O2/c15-9(13-5-1-11-2-6-13)10(16)14-7-3-12-4-8-14/h9-12,15-16H,1-8H2. The van der Waals surface area contributed by atoms with Gasteiger partial charge in [-0.1, -0.05) is 0 Å². The zero-order valence-corrected chi connectivity index (χ0v) is 9.60. The Labute approximate surface area is 96.2 Å². The van der Waals surface area contributed by atoms with Crippen molar-refractivity contribution < 1.29 is 10.2 Å². The first kappa shape index (κ1) is 12.2. The van der Waals surface area contributed by atoms with Gasteiger partial charge in [-0.2, -0.15) is 0 Å². The summed E-state index contributed by atoms with van der Waals surface area (Å²) in [5, 5.41) is 26.6. The molecule has 2 heterocycles. The second-order valence-electron chi connectivity index (χ2n) is 4.40. The molecule has 0 aromatic carbocycles. The van der Waals surface area contributed by atoms with Crippen molar-refractivity contribution in [2.75, 3.05) is 52.4 Å². The summed E-state index contributed by atoms with van der Waals surface area (Å²) in [4.78, 5) is 3.87. The van der Waals surface area contributed by atoms with Crippen LogP contribution in [0.4, 0.5) is 0 Å². The Morgan fingerprint density at radius 1 is 0.688 bits per heavy atom. The highest BCUT2D eigenvalue weighted by atomic mass is 16.4. The maximum atomic E-state index is 10.1. The number of nitrogens with zero attached hydrogens (tertiary/aromatic N) is 2. The lowest BCUT2D eigenvalue weighted by Gasteiger charge is -2.39. The molecule has 0 aliphatic carbocycles. The third-order valence-corrected chi connectivity index (χ3v) is 3.32. The van der Waals surface area contributed by atoms with Crippen LogP contribution in [0.2, 0.25) is 0 Å². The molecule has 4 N–H and O–H groups in total. The Bertz CT molecular complexity index is 183. The van der Waals surface area contributed by atoms with Crippen LogP contribution in [0.25, 0.3) is 0 Å². The predicted molar refractivity (Wildman–Crippen MR) is 60.9 cm³/mol. The molecule has 2 unspecified atom stereocenters. The lowest BCUT2D eigenvalue weighted by molar-refractivity contribution is -0.151. The number of aliphatic hydroxyl groups is 2. The number of aliphatic hydroxyl groups excluding tert-OH is 2. The molecule has 2 aliphatic rings. The van der Waals surface area contributed by atoms with Crippen LogP contribution >= 0.6 is 0 Å². The second kappa shape index (κ2) is 5.90. The third-order valence-electron chi connectivity index (χ3n) is 3.32. The van der Waals surface area contributed by atoms with E-state index >= 15 is 0 Å². The zero-order chi connectivity index (χ0) is 11.4. The molecule has 2 saturated heterocycles. The van der Waals surface area contributed by atoms with Gasteiger partial charge in [-0.05, 0) is 0 Å². The fraction of sp³-hybridized carbons (Fsp3) is 1.00. The summed E-state index contributed by atoms with van der Waals surface area (Å²) in [6.07, 6.45) is -1.53. The summed E-state index contributed by atoms with van der Waals surface area (Å²) in [7, 11) is 0. The van der Waals surface area contributed by atoms with E-state index in [-0.39, 0.29) is 0 Å². The summed E-state index contributed by atoms with van der Waals surface area (Å²) >= 11 is 0. The van der Waals surface area contributed by atoms with E-state index in [9.17, 15) is 10.2 Å². The molecule has 2 atom stereocenters. The first-order valence-electron chi connectivity index (χ1n) is 6.05. The Hall–Kier alpha value is -0.240. The summed E-state index contributed by atoms with van der Waals surface area (Å²) in [5.74, 6) is 0. The smallest absolute Gasteiger partial charge is 0.147 e. The van der Waals surface area contributed by atoms with Gasteiger partial charge in [-0.3, -0.25) is 9.80 Å². The van der Waals surface area contributed by atoms with Gasteiger partial charge in [-0.15, -0.1) is 0 Å². The molecule has 16 heavy (non-hydrogen) atoms. The van der Waals surface area contributed by atoms with Crippen LogP contribution in [-0.2, 0) is 0 Å². The van der Waals surface area contributed by atoms with Gasteiger partial charge in [0.1, 0.15) is 12.5 Å². The second-order valence-corrected chi connectivity index (χ2v) is 4.40. The fourth-order valence-corrected chi connectivity index (χ4v) is 2.27. The van der Waals surface area contributed by atoms with E-state index in [0.29, 0.717) is 0 Å². The number of piperazine rings is 2. The van der Waals surface area contributed by atoms with Crippen molar-refractivity contribution in [2.45, 2.75) is 12.5 Å². The van der Waals surface area contributed by atoms with E-state index in [4.69, 9.17) is 0 Å². The van der Waals surface area contributed by atoms with Crippen molar-refractivity contribution in [1.29, 1.82) is 0 Å². The number of hydrogen-bond donors (Lipinski definition) is 4. The van der Waals surface area contributed by atoms with Crippen molar-refractivity contribution in [3.05, 3.63) is 0 Å². The fourth-order valence-electron chi connectivity index (χ4n) is 2.27. The molecular weight excluding hydrogens is 208 g/mol. The average molecular weight is 230 g/mol. The van der Waals surface area contributed by atoms with Gasteiger partial charge in [0.05, 0.1) is 0 Å². The Kier molecular flexibility index (Phi) is 4.51. The van der Waals surface area contributed by atoms with Crippen LogP contribution in [0, 0.1) is 0 Å². The lowest BCUT2D eigenvalue weighted by Crippen LogP contribution is -2.59.